The summed E-state index contributed by atoms with van der Waals surface area (Å²) in [4.78, 5) is 21.9. The van der Waals surface area contributed by atoms with Crippen molar-refractivity contribution in [2.45, 2.75) is 45.6 Å². The molecule has 1 amide bonds. The molecule has 0 saturated heterocycles. The zero-order chi connectivity index (χ0) is 22.3. The molecular weight excluding hydrogens is 432 g/mol. The first-order chi connectivity index (χ1) is 14.7. The summed E-state index contributed by atoms with van der Waals surface area (Å²) in [6, 6.07) is 5.56. The number of hydrogen-bond donors (Lipinski definition) is 1. The lowest BCUT2D eigenvalue weighted by molar-refractivity contribution is 0.102. The quantitative estimate of drug-likeness (QED) is 0.645. The molecule has 0 unspecified atom stereocenters. The Labute approximate surface area is 186 Å². The summed E-state index contributed by atoms with van der Waals surface area (Å²) in [6.45, 7) is 8.13. The molecule has 0 atom stereocenters. The lowest BCUT2D eigenvalue weighted by atomic mass is 10.0. The maximum absolute atomic E-state index is 13.5. The van der Waals surface area contributed by atoms with Crippen LogP contribution in [-0.2, 0) is 23.0 Å². The summed E-state index contributed by atoms with van der Waals surface area (Å²) < 4.78 is 28.5. The third-order valence-electron chi connectivity index (χ3n) is 5.76. The van der Waals surface area contributed by atoms with Gasteiger partial charge in [-0.15, -0.1) is 11.3 Å². The maximum atomic E-state index is 13.5. The number of rotatable bonds is 4. The number of aryl methyl sites for hydroxylation is 2. The first-order valence-corrected chi connectivity index (χ1v) is 12.3. The van der Waals surface area contributed by atoms with Gasteiger partial charge < -0.3 is 0 Å². The summed E-state index contributed by atoms with van der Waals surface area (Å²) in [7, 11) is -3.66. The van der Waals surface area contributed by atoms with Crippen LogP contribution < -0.4 is 5.32 Å². The number of amides is 1. The van der Waals surface area contributed by atoms with Crippen molar-refractivity contribution in [3.63, 3.8) is 0 Å². The van der Waals surface area contributed by atoms with Gasteiger partial charge in [0.15, 0.2) is 0 Å². The molecule has 3 aromatic rings. The molecule has 4 rings (SSSR count). The second-order valence-corrected chi connectivity index (χ2v) is 10.6. The number of fused-ring (bicyclic) bond motifs is 1. The largest absolute Gasteiger partial charge is 0.290 e. The van der Waals surface area contributed by atoms with Crippen LogP contribution in [-0.4, -0.2) is 35.1 Å². The Morgan fingerprint density at radius 2 is 1.87 bits per heavy atom. The van der Waals surface area contributed by atoms with Gasteiger partial charge in [0.2, 0.25) is 16.0 Å². The van der Waals surface area contributed by atoms with Crippen molar-refractivity contribution >= 4 is 33.2 Å². The van der Waals surface area contributed by atoms with Crippen LogP contribution in [0.3, 0.4) is 0 Å². The van der Waals surface area contributed by atoms with E-state index in [4.69, 9.17) is 0 Å². The molecule has 31 heavy (non-hydrogen) atoms. The molecule has 0 radical (unpaired) electrons. The number of carbonyl (C=O) groups excluding carboxylic acids is 1. The van der Waals surface area contributed by atoms with Gasteiger partial charge in [0.1, 0.15) is 0 Å². The van der Waals surface area contributed by atoms with Gasteiger partial charge in [0.25, 0.3) is 5.91 Å². The Morgan fingerprint density at radius 1 is 1.16 bits per heavy atom. The van der Waals surface area contributed by atoms with Crippen LogP contribution in [0.25, 0.3) is 0 Å². The van der Waals surface area contributed by atoms with E-state index >= 15 is 0 Å². The number of carbonyl (C=O) groups is 1. The Balaban J connectivity index is 1.59. The molecule has 1 N–H and O–H groups in total. The fourth-order valence-electron chi connectivity index (χ4n) is 3.82. The van der Waals surface area contributed by atoms with E-state index in [9.17, 15) is 13.2 Å². The van der Waals surface area contributed by atoms with Gasteiger partial charge in [0.05, 0.1) is 15.5 Å². The minimum absolute atomic E-state index is 0.211. The van der Waals surface area contributed by atoms with Gasteiger partial charge in [-0.2, -0.15) is 4.31 Å². The summed E-state index contributed by atoms with van der Waals surface area (Å²) in [6.07, 6.45) is 2.07. The highest BCUT2D eigenvalue weighted by Crippen LogP contribution is 2.31. The number of thiophene rings is 1. The summed E-state index contributed by atoms with van der Waals surface area (Å²) >= 11 is 1.34. The molecular formula is C22H24N4O3S2. The highest BCUT2D eigenvalue weighted by Gasteiger charge is 2.32. The minimum Gasteiger partial charge on any atom is -0.290 e. The van der Waals surface area contributed by atoms with Crippen LogP contribution in [0.5, 0.6) is 0 Å². The Bertz CT molecular complexity index is 1240. The molecule has 9 heteroatoms. The van der Waals surface area contributed by atoms with Crippen molar-refractivity contribution < 1.29 is 13.2 Å². The van der Waals surface area contributed by atoms with Crippen LogP contribution in [0.4, 0.5) is 5.95 Å². The molecule has 0 bridgehead atoms. The average molecular weight is 457 g/mol. The van der Waals surface area contributed by atoms with Crippen LogP contribution >= 0.6 is 11.3 Å². The third-order valence-corrected chi connectivity index (χ3v) is 8.75. The molecule has 0 saturated carbocycles. The smallest absolute Gasteiger partial charge is 0.268 e. The fraction of sp³-hybridized carbons (Fsp3) is 0.318. The monoisotopic (exact) mass is 456 g/mol. The standard InChI is InChI=1S/C22H24N4O3S2/c1-13-10-14(2)16(4)20(15(13)3)31(28,29)26-8-7-18-17(12-26)11-23-22(24-18)25-21(27)19-6-5-9-30-19/h5-6,9-11H,7-8,12H2,1-4H3,(H,23,24,25,27). The number of nitrogens with one attached hydrogen (secondary N) is 1. The first-order valence-electron chi connectivity index (χ1n) is 9.95. The SMILES string of the molecule is Cc1cc(C)c(C)c(S(=O)(=O)N2CCc3nc(NC(=O)c4cccs4)ncc3C2)c1C. The highest BCUT2D eigenvalue weighted by atomic mass is 32.2. The van der Waals surface area contributed by atoms with Crippen molar-refractivity contribution in [3.8, 4) is 0 Å². The molecule has 7 nitrogen and oxygen atoms in total. The predicted octanol–water partition coefficient (Wildman–Crippen LogP) is 3.77. The lowest BCUT2D eigenvalue weighted by Gasteiger charge is -2.29. The van der Waals surface area contributed by atoms with E-state index < -0.39 is 10.0 Å². The molecule has 1 aliphatic heterocycles. The van der Waals surface area contributed by atoms with Gasteiger partial charge in [-0.3, -0.25) is 10.1 Å². The van der Waals surface area contributed by atoms with Gasteiger partial charge in [-0.25, -0.2) is 18.4 Å². The van der Waals surface area contributed by atoms with E-state index in [1.807, 2.05) is 45.2 Å². The Kier molecular flexibility index (Phi) is 5.67. The molecule has 0 spiro atoms. The van der Waals surface area contributed by atoms with Crippen molar-refractivity contribution in [2.75, 3.05) is 11.9 Å². The highest BCUT2D eigenvalue weighted by molar-refractivity contribution is 7.89. The summed E-state index contributed by atoms with van der Waals surface area (Å²) in [5.74, 6) is -0.0230. The number of benzene rings is 1. The van der Waals surface area contributed by atoms with Crippen LogP contribution in [0.1, 0.15) is 43.2 Å². The average Bonchev–Trinajstić information content (AvgIpc) is 3.27. The second kappa shape index (κ2) is 8.14. The lowest BCUT2D eigenvalue weighted by Crippen LogP contribution is -2.37. The molecule has 1 aromatic carbocycles. The number of anilines is 1. The number of aromatic nitrogens is 2. The van der Waals surface area contributed by atoms with Crippen molar-refractivity contribution in [1.29, 1.82) is 0 Å². The molecule has 0 fully saturated rings. The van der Waals surface area contributed by atoms with Crippen LogP contribution in [0, 0.1) is 27.7 Å². The van der Waals surface area contributed by atoms with E-state index in [1.54, 1.807) is 12.3 Å². The van der Waals surface area contributed by atoms with E-state index in [1.165, 1.54) is 15.6 Å². The molecule has 162 valence electrons. The predicted molar refractivity (Wildman–Crippen MR) is 121 cm³/mol. The summed E-state index contributed by atoms with van der Waals surface area (Å²) in [5.41, 5.74) is 5.02. The fourth-order valence-corrected chi connectivity index (χ4v) is 6.44. The molecule has 2 aromatic heterocycles. The van der Waals surface area contributed by atoms with Crippen LogP contribution in [0.2, 0.25) is 0 Å². The first kappa shape index (κ1) is 21.6. The van der Waals surface area contributed by atoms with E-state index in [0.717, 1.165) is 33.5 Å². The maximum Gasteiger partial charge on any atom is 0.268 e. The molecule has 0 aliphatic carbocycles. The van der Waals surface area contributed by atoms with E-state index in [0.29, 0.717) is 22.7 Å². The second-order valence-electron chi connectivity index (χ2n) is 7.78. The van der Waals surface area contributed by atoms with E-state index in [2.05, 4.69) is 15.3 Å². The Hall–Kier alpha value is -2.62. The van der Waals surface area contributed by atoms with Crippen molar-refractivity contribution in [3.05, 3.63) is 68.2 Å². The van der Waals surface area contributed by atoms with Gasteiger partial charge in [-0.1, -0.05) is 12.1 Å². The van der Waals surface area contributed by atoms with E-state index in [-0.39, 0.29) is 18.4 Å². The number of nitrogens with zero attached hydrogens (tertiary/aromatic N) is 3. The van der Waals surface area contributed by atoms with Crippen molar-refractivity contribution in [1.82, 2.24) is 14.3 Å². The zero-order valence-corrected chi connectivity index (χ0v) is 19.5. The van der Waals surface area contributed by atoms with Crippen molar-refractivity contribution in [2.24, 2.45) is 0 Å². The topological polar surface area (TPSA) is 92.3 Å². The summed E-state index contributed by atoms with van der Waals surface area (Å²) in [5, 5.41) is 4.54. The zero-order valence-electron chi connectivity index (χ0n) is 17.9. The molecule has 1 aliphatic rings. The Morgan fingerprint density at radius 3 is 2.52 bits per heavy atom. The third kappa shape index (κ3) is 4.00. The van der Waals surface area contributed by atoms with Gasteiger partial charge in [0, 0.05) is 31.3 Å². The van der Waals surface area contributed by atoms with Gasteiger partial charge in [-0.05, 0) is 61.4 Å². The van der Waals surface area contributed by atoms with Crippen LogP contribution in [0.15, 0.2) is 34.7 Å². The minimum atomic E-state index is -3.66. The van der Waals surface area contributed by atoms with Gasteiger partial charge >= 0.3 is 0 Å². The normalized spacial score (nSPS) is 14.3. The number of sulfonamides is 1. The molecule has 3 heterocycles. The number of hydrogen-bond acceptors (Lipinski definition) is 6.